The normalized spacial score (nSPS) is 13.9. The number of hydrogen-bond acceptors (Lipinski definition) is 4. The Morgan fingerprint density at radius 3 is 2.89 bits per heavy atom. The molecule has 1 rings (SSSR count). The van der Waals surface area contributed by atoms with E-state index in [0.717, 1.165) is 5.69 Å². The van der Waals surface area contributed by atoms with Gasteiger partial charge >= 0.3 is 0 Å². The third kappa shape index (κ3) is 4.81. The van der Waals surface area contributed by atoms with Gasteiger partial charge in [-0.3, -0.25) is 9.78 Å². The van der Waals surface area contributed by atoms with Gasteiger partial charge < -0.3 is 15.2 Å². The lowest BCUT2D eigenvalue weighted by molar-refractivity contribution is -0.130. The first-order valence-electron chi connectivity index (χ1n) is 5.98. The predicted octanol–water partition coefficient (Wildman–Crippen LogP) is 0.384. The van der Waals surface area contributed by atoms with Crippen LogP contribution in [-0.2, 0) is 16.0 Å². The summed E-state index contributed by atoms with van der Waals surface area (Å²) in [5.41, 5.74) is 0.908. The Kier molecular flexibility index (Phi) is 6.32. The summed E-state index contributed by atoms with van der Waals surface area (Å²) in [6.07, 6.45) is 1.88. The minimum Gasteiger partial charge on any atom is -0.396 e. The highest BCUT2D eigenvalue weighted by molar-refractivity contribution is 5.80. The zero-order chi connectivity index (χ0) is 13.4. The number of rotatable bonds is 7. The molecule has 1 amide bonds. The van der Waals surface area contributed by atoms with Gasteiger partial charge in [-0.1, -0.05) is 6.07 Å². The molecule has 0 bridgehead atoms. The van der Waals surface area contributed by atoms with Crippen molar-refractivity contribution in [3.8, 4) is 0 Å². The van der Waals surface area contributed by atoms with E-state index in [1.165, 1.54) is 7.11 Å². The van der Waals surface area contributed by atoms with Crippen molar-refractivity contribution in [1.82, 2.24) is 10.3 Å². The zero-order valence-electron chi connectivity index (χ0n) is 10.8. The van der Waals surface area contributed by atoms with Crippen LogP contribution in [-0.4, -0.2) is 42.4 Å². The average Bonchev–Trinajstić information content (AvgIpc) is 2.43. The molecule has 1 aromatic rings. The predicted molar refractivity (Wildman–Crippen MR) is 68.0 cm³/mol. The number of pyridine rings is 1. The van der Waals surface area contributed by atoms with E-state index >= 15 is 0 Å². The molecule has 5 nitrogen and oxygen atoms in total. The number of nitrogens with one attached hydrogen (secondary N) is 1. The Morgan fingerprint density at radius 2 is 2.33 bits per heavy atom. The molecule has 0 radical (unpaired) electrons. The molecule has 18 heavy (non-hydrogen) atoms. The van der Waals surface area contributed by atoms with E-state index in [4.69, 9.17) is 4.74 Å². The zero-order valence-corrected chi connectivity index (χ0v) is 10.8. The maximum Gasteiger partial charge on any atom is 0.248 e. The summed E-state index contributed by atoms with van der Waals surface area (Å²) < 4.78 is 4.91. The summed E-state index contributed by atoms with van der Waals surface area (Å²) in [4.78, 5) is 15.7. The molecule has 0 aromatic carbocycles. The molecule has 0 saturated heterocycles. The van der Waals surface area contributed by atoms with Crippen LogP contribution < -0.4 is 5.32 Å². The van der Waals surface area contributed by atoms with Crippen LogP contribution in [0.1, 0.15) is 12.6 Å². The Hall–Kier alpha value is -1.46. The van der Waals surface area contributed by atoms with Gasteiger partial charge in [0.15, 0.2) is 0 Å². The van der Waals surface area contributed by atoms with E-state index in [-0.39, 0.29) is 18.4 Å². The van der Waals surface area contributed by atoms with Gasteiger partial charge in [0, 0.05) is 38.1 Å². The van der Waals surface area contributed by atoms with E-state index in [9.17, 15) is 9.90 Å². The van der Waals surface area contributed by atoms with E-state index in [1.54, 1.807) is 13.1 Å². The van der Waals surface area contributed by atoms with Gasteiger partial charge in [-0.2, -0.15) is 0 Å². The maximum absolute atomic E-state index is 11.5. The number of amides is 1. The molecule has 0 aliphatic heterocycles. The van der Waals surface area contributed by atoms with Crippen molar-refractivity contribution < 1.29 is 14.6 Å². The Labute approximate surface area is 107 Å². The molecule has 0 aliphatic carbocycles. The smallest absolute Gasteiger partial charge is 0.248 e. The van der Waals surface area contributed by atoms with Crippen molar-refractivity contribution in [2.45, 2.75) is 19.4 Å². The molecular formula is C13H20N2O3. The lowest BCUT2D eigenvalue weighted by Crippen LogP contribution is -2.38. The number of hydrogen-bond donors (Lipinski definition) is 2. The highest BCUT2D eigenvalue weighted by Crippen LogP contribution is 2.05. The van der Waals surface area contributed by atoms with Crippen LogP contribution >= 0.6 is 0 Å². The van der Waals surface area contributed by atoms with Gasteiger partial charge in [-0.05, 0) is 25.5 Å². The third-order valence-corrected chi connectivity index (χ3v) is 2.77. The molecule has 0 saturated carbocycles. The van der Waals surface area contributed by atoms with Crippen molar-refractivity contribution >= 4 is 5.91 Å². The fraction of sp³-hybridized carbons (Fsp3) is 0.538. The summed E-state index contributed by atoms with van der Waals surface area (Å²) in [5.74, 6) is -0.204. The molecule has 0 aliphatic rings. The van der Waals surface area contributed by atoms with Gasteiger partial charge in [0.2, 0.25) is 5.91 Å². The lowest BCUT2D eigenvalue weighted by atomic mass is 10.0. The molecule has 0 fully saturated rings. The Bertz CT molecular complexity index is 357. The van der Waals surface area contributed by atoms with Gasteiger partial charge in [-0.15, -0.1) is 0 Å². The first kappa shape index (κ1) is 14.6. The maximum atomic E-state index is 11.5. The number of methoxy groups -OCH3 is 1. The minimum absolute atomic E-state index is 0.0121. The summed E-state index contributed by atoms with van der Waals surface area (Å²) >= 11 is 0. The molecule has 2 atom stereocenters. The quantitative estimate of drug-likeness (QED) is 0.736. The van der Waals surface area contributed by atoms with Crippen LogP contribution in [0.3, 0.4) is 0 Å². The molecule has 2 unspecified atom stereocenters. The molecule has 1 heterocycles. The number of aliphatic hydroxyl groups is 1. The van der Waals surface area contributed by atoms with Crippen LogP contribution in [0.2, 0.25) is 0 Å². The summed E-state index contributed by atoms with van der Waals surface area (Å²) in [6.45, 7) is 2.11. The van der Waals surface area contributed by atoms with Gasteiger partial charge in [0.1, 0.15) is 6.10 Å². The molecular weight excluding hydrogens is 232 g/mol. The Morgan fingerprint density at radius 1 is 1.56 bits per heavy atom. The first-order valence-corrected chi connectivity index (χ1v) is 5.98. The topological polar surface area (TPSA) is 71.5 Å². The minimum atomic E-state index is -0.473. The monoisotopic (exact) mass is 252 g/mol. The summed E-state index contributed by atoms with van der Waals surface area (Å²) in [7, 11) is 1.49. The lowest BCUT2D eigenvalue weighted by Gasteiger charge is -2.16. The van der Waals surface area contributed by atoms with Crippen LogP contribution in [0.25, 0.3) is 0 Å². The van der Waals surface area contributed by atoms with E-state index in [1.807, 2.05) is 18.2 Å². The van der Waals surface area contributed by atoms with E-state index in [0.29, 0.717) is 13.0 Å². The number of nitrogens with zero attached hydrogens (tertiary/aromatic N) is 1. The number of aromatic nitrogens is 1. The van der Waals surface area contributed by atoms with Crippen molar-refractivity contribution in [1.29, 1.82) is 0 Å². The van der Waals surface area contributed by atoms with Crippen LogP contribution in [0.5, 0.6) is 0 Å². The molecule has 1 aromatic heterocycles. The fourth-order valence-electron chi connectivity index (χ4n) is 1.51. The van der Waals surface area contributed by atoms with Crippen molar-refractivity contribution in [2.75, 3.05) is 20.3 Å². The standard InChI is InChI=1S/C13H20N2O3/c1-10(18-2)13(17)15-8-11(9-16)7-12-5-3-4-6-14-12/h3-6,10-11,16H,7-9H2,1-2H3,(H,15,17). The average molecular weight is 252 g/mol. The van der Waals surface area contributed by atoms with Crippen LogP contribution in [0.15, 0.2) is 24.4 Å². The SMILES string of the molecule is COC(C)C(=O)NCC(CO)Cc1ccccn1. The third-order valence-electron chi connectivity index (χ3n) is 2.77. The second-order valence-electron chi connectivity index (χ2n) is 4.20. The number of ether oxygens (including phenoxy) is 1. The fourth-order valence-corrected chi connectivity index (χ4v) is 1.51. The largest absolute Gasteiger partial charge is 0.396 e. The van der Waals surface area contributed by atoms with Gasteiger partial charge in [0.25, 0.3) is 0 Å². The van der Waals surface area contributed by atoms with E-state index < -0.39 is 6.10 Å². The summed E-state index contributed by atoms with van der Waals surface area (Å²) in [6, 6.07) is 5.66. The number of aliphatic hydroxyl groups excluding tert-OH is 1. The highest BCUT2D eigenvalue weighted by Gasteiger charge is 2.14. The molecule has 0 spiro atoms. The highest BCUT2D eigenvalue weighted by atomic mass is 16.5. The van der Waals surface area contributed by atoms with Gasteiger partial charge in [0.05, 0.1) is 0 Å². The van der Waals surface area contributed by atoms with Crippen molar-refractivity contribution in [2.24, 2.45) is 5.92 Å². The summed E-state index contributed by atoms with van der Waals surface area (Å²) in [5, 5.41) is 12.0. The van der Waals surface area contributed by atoms with Crippen LogP contribution in [0, 0.1) is 5.92 Å². The van der Waals surface area contributed by atoms with Crippen molar-refractivity contribution in [3.05, 3.63) is 30.1 Å². The molecule has 2 N–H and O–H groups in total. The van der Waals surface area contributed by atoms with Gasteiger partial charge in [-0.25, -0.2) is 0 Å². The second kappa shape index (κ2) is 7.79. The second-order valence-corrected chi connectivity index (χ2v) is 4.20. The van der Waals surface area contributed by atoms with E-state index in [2.05, 4.69) is 10.3 Å². The molecule has 100 valence electrons. The Balaban J connectivity index is 2.41. The van der Waals surface area contributed by atoms with Crippen LogP contribution in [0.4, 0.5) is 0 Å². The van der Waals surface area contributed by atoms with Crippen molar-refractivity contribution in [3.63, 3.8) is 0 Å². The number of carbonyl (C=O) groups is 1. The first-order chi connectivity index (χ1) is 8.67. The molecule has 5 heteroatoms. The number of carbonyl (C=O) groups excluding carboxylic acids is 1.